The van der Waals surface area contributed by atoms with Crippen LogP contribution in [-0.4, -0.2) is 23.8 Å². The SMILES string of the molecule is C=CCC1C(C=C)COC(=O)C1O. The monoisotopic (exact) mass is 182 g/mol. The Kier molecular flexibility index (Phi) is 3.25. The number of rotatable bonds is 3. The largest absolute Gasteiger partial charge is 0.463 e. The number of hydrogen-bond acceptors (Lipinski definition) is 3. The molecule has 1 fully saturated rings. The highest BCUT2D eigenvalue weighted by Crippen LogP contribution is 2.27. The molecule has 1 saturated heterocycles. The molecule has 0 aliphatic carbocycles. The lowest BCUT2D eigenvalue weighted by Crippen LogP contribution is -2.42. The quantitative estimate of drug-likeness (QED) is 0.521. The Bertz CT molecular complexity index is 220. The van der Waals surface area contributed by atoms with Crippen LogP contribution in [0.25, 0.3) is 0 Å². The molecule has 0 amide bonds. The molecule has 0 spiro atoms. The van der Waals surface area contributed by atoms with Gasteiger partial charge in [-0.3, -0.25) is 0 Å². The van der Waals surface area contributed by atoms with E-state index in [4.69, 9.17) is 4.74 Å². The summed E-state index contributed by atoms with van der Waals surface area (Å²) in [5, 5.41) is 9.50. The fraction of sp³-hybridized carbons (Fsp3) is 0.500. The van der Waals surface area contributed by atoms with Gasteiger partial charge in [0.1, 0.15) is 0 Å². The number of ether oxygens (including phenoxy) is 1. The van der Waals surface area contributed by atoms with E-state index in [1.54, 1.807) is 12.2 Å². The molecular weight excluding hydrogens is 168 g/mol. The Morgan fingerprint density at radius 3 is 2.85 bits per heavy atom. The van der Waals surface area contributed by atoms with Gasteiger partial charge < -0.3 is 9.84 Å². The van der Waals surface area contributed by atoms with Crippen molar-refractivity contribution in [1.82, 2.24) is 0 Å². The third-order valence-electron chi connectivity index (χ3n) is 2.36. The van der Waals surface area contributed by atoms with Gasteiger partial charge in [0.2, 0.25) is 0 Å². The van der Waals surface area contributed by atoms with E-state index in [2.05, 4.69) is 13.2 Å². The number of esters is 1. The first kappa shape index (κ1) is 9.99. The van der Waals surface area contributed by atoms with E-state index >= 15 is 0 Å². The van der Waals surface area contributed by atoms with Gasteiger partial charge in [-0.25, -0.2) is 4.79 Å². The predicted molar refractivity (Wildman–Crippen MR) is 49.0 cm³/mol. The Hall–Kier alpha value is -1.09. The summed E-state index contributed by atoms with van der Waals surface area (Å²) in [5.41, 5.74) is 0. The smallest absolute Gasteiger partial charge is 0.335 e. The summed E-state index contributed by atoms with van der Waals surface area (Å²) in [4.78, 5) is 11.0. The molecule has 3 atom stereocenters. The molecule has 0 saturated carbocycles. The van der Waals surface area contributed by atoms with Crippen molar-refractivity contribution in [1.29, 1.82) is 0 Å². The van der Waals surface area contributed by atoms with Crippen LogP contribution in [0.15, 0.2) is 25.3 Å². The van der Waals surface area contributed by atoms with Gasteiger partial charge in [0.25, 0.3) is 0 Å². The minimum atomic E-state index is -1.03. The summed E-state index contributed by atoms with van der Waals surface area (Å²) in [6, 6.07) is 0. The van der Waals surface area contributed by atoms with Gasteiger partial charge in [-0.15, -0.1) is 13.2 Å². The van der Waals surface area contributed by atoms with Crippen molar-refractivity contribution in [3.63, 3.8) is 0 Å². The summed E-state index contributed by atoms with van der Waals surface area (Å²) in [6.45, 7) is 7.54. The van der Waals surface area contributed by atoms with E-state index in [0.717, 1.165) is 0 Å². The molecule has 3 nitrogen and oxygen atoms in total. The number of allylic oxidation sites excluding steroid dienone is 1. The van der Waals surface area contributed by atoms with Crippen LogP contribution in [0.5, 0.6) is 0 Å². The second kappa shape index (κ2) is 4.23. The maximum atomic E-state index is 11.0. The summed E-state index contributed by atoms with van der Waals surface area (Å²) >= 11 is 0. The summed E-state index contributed by atoms with van der Waals surface area (Å²) in [5.74, 6) is -0.633. The molecule has 13 heavy (non-hydrogen) atoms. The molecule has 0 radical (unpaired) electrons. The van der Waals surface area contributed by atoms with Crippen LogP contribution in [0, 0.1) is 11.8 Å². The molecule has 3 heteroatoms. The number of aliphatic hydroxyl groups excluding tert-OH is 1. The molecule has 0 aromatic rings. The number of carbonyl (C=O) groups is 1. The lowest BCUT2D eigenvalue weighted by atomic mass is 9.83. The Balaban J connectivity index is 2.73. The van der Waals surface area contributed by atoms with E-state index in [1.165, 1.54) is 0 Å². The fourth-order valence-corrected chi connectivity index (χ4v) is 1.54. The first-order valence-corrected chi connectivity index (χ1v) is 4.29. The molecule has 1 aliphatic rings. The maximum Gasteiger partial charge on any atom is 0.335 e. The molecule has 1 aliphatic heterocycles. The van der Waals surface area contributed by atoms with Gasteiger partial charge >= 0.3 is 5.97 Å². The van der Waals surface area contributed by atoms with Crippen molar-refractivity contribution in [2.24, 2.45) is 11.8 Å². The molecule has 1 rings (SSSR count). The van der Waals surface area contributed by atoms with E-state index in [1.807, 2.05) is 0 Å². The first-order valence-electron chi connectivity index (χ1n) is 4.29. The number of hydrogen-bond donors (Lipinski definition) is 1. The molecule has 0 aromatic heterocycles. The van der Waals surface area contributed by atoms with Crippen molar-refractivity contribution >= 4 is 5.97 Å². The molecule has 0 bridgehead atoms. The number of cyclic esters (lactones) is 1. The van der Waals surface area contributed by atoms with Gasteiger partial charge in [0, 0.05) is 11.8 Å². The third-order valence-corrected chi connectivity index (χ3v) is 2.36. The molecular formula is C10H14O3. The van der Waals surface area contributed by atoms with Crippen LogP contribution in [-0.2, 0) is 9.53 Å². The number of carbonyl (C=O) groups excluding carboxylic acids is 1. The van der Waals surface area contributed by atoms with Gasteiger partial charge in [-0.05, 0) is 6.42 Å². The molecule has 0 aromatic carbocycles. The van der Waals surface area contributed by atoms with Crippen molar-refractivity contribution in [2.75, 3.05) is 6.61 Å². The Morgan fingerprint density at radius 1 is 1.62 bits per heavy atom. The zero-order valence-corrected chi connectivity index (χ0v) is 7.48. The van der Waals surface area contributed by atoms with Crippen LogP contribution in [0.1, 0.15) is 6.42 Å². The average Bonchev–Trinajstić information content (AvgIpc) is 2.14. The van der Waals surface area contributed by atoms with Crippen molar-refractivity contribution < 1.29 is 14.6 Å². The van der Waals surface area contributed by atoms with Crippen LogP contribution in [0.3, 0.4) is 0 Å². The number of aliphatic hydroxyl groups is 1. The zero-order valence-electron chi connectivity index (χ0n) is 7.48. The standard InChI is InChI=1S/C10H14O3/c1-3-5-8-7(4-2)6-13-10(12)9(8)11/h3-4,7-9,11H,1-2,5-6H2. The highest BCUT2D eigenvalue weighted by Gasteiger charge is 2.36. The van der Waals surface area contributed by atoms with E-state index in [-0.39, 0.29) is 11.8 Å². The molecule has 1 heterocycles. The first-order chi connectivity index (χ1) is 6.20. The van der Waals surface area contributed by atoms with Gasteiger partial charge in [-0.1, -0.05) is 12.2 Å². The van der Waals surface area contributed by atoms with Crippen LogP contribution in [0.4, 0.5) is 0 Å². The van der Waals surface area contributed by atoms with Gasteiger partial charge in [0.15, 0.2) is 6.10 Å². The molecule has 1 N–H and O–H groups in total. The van der Waals surface area contributed by atoms with E-state index in [0.29, 0.717) is 13.0 Å². The van der Waals surface area contributed by atoms with Gasteiger partial charge in [-0.2, -0.15) is 0 Å². The lowest BCUT2D eigenvalue weighted by Gasteiger charge is -2.31. The maximum absolute atomic E-state index is 11.0. The van der Waals surface area contributed by atoms with Crippen LogP contribution < -0.4 is 0 Å². The minimum Gasteiger partial charge on any atom is -0.463 e. The zero-order chi connectivity index (χ0) is 9.84. The van der Waals surface area contributed by atoms with Crippen LogP contribution in [0.2, 0.25) is 0 Å². The second-order valence-corrected chi connectivity index (χ2v) is 3.16. The highest BCUT2D eigenvalue weighted by atomic mass is 16.5. The van der Waals surface area contributed by atoms with Crippen LogP contribution >= 0.6 is 0 Å². The minimum absolute atomic E-state index is 0.0331. The summed E-state index contributed by atoms with van der Waals surface area (Å²) < 4.78 is 4.78. The third kappa shape index (κ3) is 1.98. The summed E-state index contributed by atoms with van der Waals surface area (Å²) in [6.07, 6.45) is 2.98. The normalized spacial score (nSPS) is 33.6. The Morgan fingerprint density at radius 2 is 2.31 bits per heavy atom. The molecule has 72 valence electrons. The van der Waals surface area contributed by atoms with Crippen molar-refractivity contribution in [3.8, 4) is 0 Å². The molecule has 3 unspecified atom stereocenters. The predicted octanol–water partition coefficient (Wildman–Crippen LogP) is 0.899. The lowest BCUT2D eigenvalue weighted by molar-refractivity contribution is -0.167. The average molecular weight is 182 g/mol. The van der Waals surface area contributed by atoms with Crippen molar-refractivity contribution in [2.45, 2.75) is 12.5 Å². The second-order valence-electron chi connectivity index (χ2n) is 3.16. The van der Waals surface area contributed by atoms with Crippen molar-refractivity contribution in [3.05, 3.63) is 25.3 Å². The summed E-state index contributed by atoms with van der Waals surface area (Å²) in [7, 11) is 0. The van der Waals surface area contributed by atoms with E-state index < -0.39 is 12.1 Å². The fourth-order valence-electron chi connectivity index (χ4n) is 1.54. The topological polar surface area (TPSA) is 46.5 Å². The Labute approximate surface area is 77.7 Å². The highest BCUT2D eigenvalue weighted by molar-refractivity contribution is 5.75. The van der Waals surface area contributed by atoms with Gasteiger partial charge in [0.05, 0.1) is 6.61 Å². The van der Waals surface area contributed by atoms with E-state index in [9.17, 15) is 9.90 Å².